The van der Waals surface area contributed by atoms with Crippen molar-refractivity contribution < 1.29 is 21.8 Å². The Balaban J connectivity index is 2.18. The lowest BCUT2D eigenvalue weighted by molar-refractivity contribution is -0.384. The van der Waals surface area contributed by atoms with Crippen LogP contribution in [0.25, 0.3) is 0 Å². The summed E-state index contributed by atoms with van der Waals surface area (Å²) in [5, 5.41) is 14.5. The molecule has 0 spiro atoms. The van der Waals surface area contributed by atoms with E-state index in [9.17, 15) is 26.9 Å². The van der Waals surface area contributed by atoms with Crippen LogP contribution in [-0.2, 0) is 32.3 Å². The average molecular weight is 486 g/mol. The summed E-state index contributed by atoms with van der Waals surface area (Å²) in [6.07, 6.45) is 0. The van der Waals surface area contributed by atoms with Gasteiger partial charge in [0.15, 0.2) is 0 Å². The Hall–Kier alpha value is -2.58. The number of nitro groups is 1. The molecule has 0 heterocycles. The van der Waals surface area contributed by atoms with E-state index in [-0.39, 0.29) is 35.1 Å². The maximum atomic E-state index is 12.4. The van der Waals surface area contributed by atoms with Crippen molar-refractivity contribution in [3.63, 3.8) is 0 Å². The Bertz CT molecular complexity index is 1170. The first-order valence-electron chi connectivity index (χ1n) is 9.59. The van der Waals surface area contributed by atoms with E-state index >= 15 is 0 Å². The van der Waals surface area contributed by atoms with Gasteiger partial charge in [-0.25, -0.2) is 26.3 Å². The average Bonchev–Trinajstić information content (AvgIpc) is 2.71. The molecule has 176 valence electrons. The number of sulfonamides is 2. The van der Waals surface area contributed by atoms with Crippen LogP contribution in [-0.4, -0.2) is 60.9 Å². The van der Waals surface area contributed by atoms with Crippen LogP contribution in [0.4, 0.5) is 11.4 Å². The number of benzene rings is 2. The first-order chi connectivity index (χ1) is 14.9. The summed E-state index contributed by atoms with van der Waals surface area (Å²) in [6, 6.07) is 10.4. The molecule has 0 unspecified atom stereocenters. The third-order valence-electron chi connectivity index (χ3n) is 4.47. The minimum absolute atomic E-state index is 0.149. The summed E-state index contributed by atoms with van der Waals surface area (Å²) in [5.41, 5.74) is 1.05. The van der Waals surface area contributed by atoms with Gasteiger partial charge in [0.05, 0.1) is 15.6 Å². The van der Waals surface area contributed by atoms with Gasteiger partial charge in [0, 0.05) is 25.7 Å². The lowest BCUT2D eigenvalue weighted by Crippen LogP contribution is -2.31. The molecule has 0 amide bonds. The fraction of sp³-hybridized carbons (Fsp3) is 0.368. The van der Waals surface area contributed by atoms with E-state index < -0.39 is 25.0 Å². The summed E-state index contributed by atoms with van der Waals surface area (Å²) in [7, 11) is -2.39. The molecule has 0 saturated carbocycles. The van der Waals surface area contributed by atoms with Crippen LogP contribution < -0.4 is 14.8 Å². The number of anilines is 1. The molecule has 0 bridgehead atoms. The summed E-state index contributed by atoms with van der Waals surface area (Å²) in [6.45, 7) is 0.833. The molecule has 0 aliphatic rings. The molecular formula is C19H27N5O6S2. The second-order valence-corrected chi connectivity index (χ2v) is 11.0. The number of nitro benzene ring substituents is 1. The molecule has 0 aliphatic heterocycles. The third kappa shape index (κ3) is 7.53. The van der Waals surface area contributed by atoms with E-state index in [1.165, 1.54) is 19.2 Å². The molecule has 0 atom stereocenters. The Labute approximate surface area is 188 Å². The van der Waals surface area contributed by atoms with E-state index in [1.54, 1.807) is 43.3 Å². The zero-order chi connectivity index (χ0) is 23.9. The standard InChI is InChI=1S/C19H27N5O6S2/c1-20-31(27,28)14-16-6-4-5-15(11-16)13-21-18-8-7-17(12-19(18)24(25)26)32(29,30)22-9-10-23(2)3/h4-8,11-12,20-22H,9-10,13-14H2,1-3H3. The fourth-order valence-electron chi connectivity index (χ4n) is 2.78. The van der Waals surface area contributed by atoms with Crippen LogP contribution in [0.15, 0.2) is 47.4 Å². The van der Waals surface area contributed by atoms with E-state index in [0.29, 0.717) is 17.7 Å². The molecule has 0 saturated heterocycles. The van der Waals surface area contributed by atoms with Crippen LogP contribution >= 0.6 is 0 Å². The van der Waals surface area contributed by atoms with Crippen molar-refractivity contribution >= 4 is 31.4 Å². The summed E-state index contributed by atoms with van der Waals surface area (Å²) in [5.74, 6) is -0.190. The lowest BCUT2D eigenvalue weighted by atomic mass is 10.1. The van der Waals surface area contributed by atoms with Gasteiger partial charge in [-0.15, -0.1) is 0 Å². The number of hydrogen-bond donors (Lipinski definition) is 3. The van der Waals surface area contributed by atoms with Crippen molar-refractivity contribution in [2.24, 2.45) is 0 Å². The van der Waals surface area contributed by atoms with Crippen LogP contribution in [0, 0.1) is 10.1 Å². The smallest absolute Gasteiger partial charge is 0.293 e. The fourth-order valence-corrected chi connectivity index (χ4v) is 4.59. The Morgan fingerprint density at radius 1 is 1.03 bits per heavy atom. The van der Waals surface area contributed by atoms with E-state index in [1.807, 2.05) is 0 Å². The summed E-state index contributed by atoms with van der Waals surface area (Å²) in [4.78, 5) is 12.5. The molecular weight excluding hydrogens is 458 g/mol. The Morgan fingerprint density at radius 2 is 1.72 bits per heavy atom. The highest BCUT2D eigenvalue weighted by atomic mass is 32.2. The van der Waals surface area contributed by atoms with Gasteiger partial charge in [-0.1, -0.05) is 24.3 Å². The van der Waals surface area contributed by atoms with Gasteiger partial charge in [-0.2, -0.15) is 0 Å². The highest BCUT2D eigenvalue weighted by Gasteiger charge is 2.21. The molecule has 0 radical (unpaired) electrons. The highest BCUT2D eigenvalue weighted by molar-refractivity contribution is 7.89. The number of hydrogen-bond acceptors (Lipinski definition) is 8. The minimum atomic E-state index is -3.89. The molecule has 0 aromatic heterocycles. The van der Waals surface area contributed by atoms with E-state index in [4.69, 9.17) is 0 Å². The summed E-state index contributed by atoms with van der Waals surface area (Å²) >= 11 is 0. The second-order valence-electron chi connectivity index (χ2n) is 7.27. The highest BCUT2D eigenvalue weighted by Crippen LogP contribution is 2.28. The van der Waals surface area contributed by atoms with Crippen LogP contribution in [0.3, 0.4) is 0 Å². The Morgan fingerprint density at radius 3 is 2.34 bits per heavy atom. The predicted molar refractivity (Wildman–Crippen MR) is 122 cm³/mol. The van der Waals surface area contributed by atoms with E-state index in [2.05, 4.69) is 14.8 Å². The second kappa shape index (κ2) is 10.8. The van der Waals surface area contributed by atoms with Gasteiger partial charge in [0.1, 0.15) is 5.69 Å². The van der Waals surface area contributed by atoms with Gasteiger partial charge in [-0.3, -0.25) is 10.1 Å². The maximum absolute atomic E-state index is 12.4. The molecule has 3 N–H and O–H groups in total. The summed E-state index contributed by atoms with van der Waals surface area (Å²) < 4.78 is 53.0. The van der Waals surface area contributed by atoms with Crippen molar-refractivity contribution in [1.82, 2.24) is 14.3 Å². The number of rotatable bonds is 12. The molecule has 32 heavy (non-hydrogen) atoms. The molecule has 2 rings (SSSR count). The van der Waals surface area contributed by atoms with Crippen molar-refractivity contribution in [2.75, 3.05) is 39.5 Å². The predicted octanol–water partition coefficient (Wildman–Crippen LogP) is 1.10. The number of nitrogens with zero attached hydrogens (tertiary/aromatic N) is 2. The first kappa shape index (κ1) is 25.7. The molecule has 2 aromatic carbocycles. The topological polar surface area (TPSA) is 151 Å². The zero-order valence-electron chi connectivity index (χ0n) is 18.0. The maximum Gasteiger partial charge on any atom is 0.293 e. The third-order valence-corrected chi connectivity index (χ3v) is 7.26. The quantitative estimate of drug-likeness (QED) is 0.299. The SMILES string of the molecule is CNS(=O)(=O)Cc1cccc(CNc2ccc(S(=O)(=O)NCCN(C)C)cc2[N+](=O)[O-])c1. The molecule has 0 fully saturated rings. The monoisotopic (exact) mass is 485 g/mol. The van der Waals surface area contributed by atoms with Crippen LogP contribution in [0.5, 0.6) is 0 Å². The van der Waals surface area contributed by atoms with Gasteiger partial charge in [-0.05, 0) is 44.4 Å². The largest absolute Gasteiger partial charge is 0.375 e. The minimum Gasteiger partial charge on any atom is -0.375 e. The Kier molecular flexibility index (Phi) is 8.69. The number of nitrogens with one attached hydrogen (secondary N) is 3. The van der Waals surface area contributed by atoms with Gasteiger partial charge in [0.2, 0.25) is 20.0 Å². The van der Waals surface area contributed by atoms with E-state index in [0.717, 1.165) is 6.07 Å². The van der Waals surface area contributed by atoms with Crippen molar-refractivity contribution in [2.45, 2.75) is 17.2 Å². The van der Waals surface area contributed by atoms with Crippen molar-refractivity contribution in [3.8, 4) is 0 Å². The first-order valence-corrected chi connectivity index (χ1v) is 12.7. The van der Waals surface area contributed by atoms with Crippen molar-refractivity contribution in [3.05, 3.63) is 63.7 Å². The van der Waals surface area contributed by atoms with Gasteiger partial charge in [0.25, 0.3) is 5.69 Å². The molecule has 11 nitrogen and oxygen atoms in total. The molecule has 0 aliphatic carbocycles. The number of likely N-dealkylation sites (N-methyl/N-ethyl adjacent to an activating group) is 1. The van der Waals surface area contributed by atoms with Crippen LogP contribution in [0.1, 0.15) is 11.1 Å². The van der Waals surface area contributed by atoms with Crippen LogP contribution in [0.2, 0.25) is 0 Å². The zero-order valence-corrected chi connectivity index (χ0v) is 19.7. The van der Waals surface area contributed by atoms with Gasteiger partial charge >= 0.3 is 0 Å². The lowest BCUT2D eigenvalue weighted by Gasteiger charge is -2.12. The molecule has 13 heteroatoms. The normalized spacial score (nSPS) is 12.1. The molecule has 2 aromatic rings. The van der Waals surface area contributed by atoms with Gasteiger partial charge < -0.3 is 10.2 Å². The van der Waals surface area contributed by atoms with Crippen molar-refractivity contribution in [1.29, 1.82) is 0 Å².